The first-order valence-electron chi connectivity index (χ1n) is 7.62. The molecule has 0 unspecified atom stereocenters. The van der Waals surface area contributed by atoms with Crippen molar-refractivity contribution in [2.45, 2.75) is 45.3 Å². The van der Waals surface area contributed by atoms with Crippen LogP contribution in [-0.2, 0) is 17.5 Å². The van der Waals surface area contributed by atoms with Gasteiger partial charge in [0.2, 0.25) is 0 Å². The lowest BCUT2D eigenvalue weighted by Crippen LogP contribution is -2.29. The molecule has 130 valence electrons. The Labute approximate surface area is 135 Å². The van der Waals surface area contributed by atoms with Gasteiger partial charge in [0.1, 0.15) is 6.29 Å². The lowest BCUT2D eigenvalue weighted by atomic mass is 9.68. The summed E-state index contributed by atoms with van der Waals surface area (Å²) in [5, 5.41) is 1.71. The van der Waals surface area contributed by atoms with Gasteiger partial charge in [-0.15, -0.1) is 0 Å². The van der Waals surface area contributed by atoms with E-state index >= 15 is 0 Å². The average Bonchev–Trinajstić information content (AvgIpc) is 2.45. The van der Waals surface area contributed by atoms with E-state index in [0.717, 1.165) is 37.8 Å². The molecule has 0 aliphatic heterocycles. The molecule has 7 heteroatoms. The molecule has 1 heterocycles. The summed E-state index contributed by atoms with van der Waals surface area (Å²) < 4.78 is 36.5. The third-order valence-electron chi connectivity index (χ3n) is 4.03. The van der Waals surface area contributed by atoms with Crippen LogP contribution >= 0.6 is 0 Å². The van der Waals surface area contributed by atoms with Crippen LogP contribution in [0.15, 0.2) is 18.3 Å². The Kier molecular flexibility index (Phi) is 7.15. The molecule has 0 saturated heterocycles. The smallest absolute Gasteiger partial charge is 0.303 e. The van der Waals surface area contributed by atoms with E-state index in [1.165, 1.54) is 12.5 Å². The zero-order valence-electron chi connectivity index (χ0n) is 13.8. The molecule has 1 saturated carbocycles. The van der Waals surface area contributed by atoms with Crippen molar-refractivity contribution in [2.75, 3.05) is 14.1 Å². The van der Waals surface area contributed by atoms with E-state index in [1.54, 1.807) is 19.1 Å². The van der Waals surface area contributed by atoms with Crippen LogP contribution in [0.5, 0.6) is 0 Å². The number of aldehydes is 1. The van der Waals surface area contributed by atoms with Crippen LogP contribution in [0.25, 0.3) is 0 Å². The molecule has 0 aromatic carbocycles. The van der Waals surface area contributed by atoms with Crippen molar-refractivity contribution in [2.24, 2.45) is 5.41 Å². The van der Waals surface area contributed by atoms with Gasteiger partial charge >= 0.3 is 6.18 Å². The van der Waals surface area contributed by atoms with Gasteiger partial charge in [0.25, 0.3) is 0 Å². The highest BCUT2D eigenvalue weighted by Crippen LogP contribution is 2.41. The predicted octanol–water partition coefficient (Wildman–Crippen LogP) is 3.43. The summed E-state index contributed by atoms with van der Waals surface area (Å²) in [5.41, 5.74) is 2.88. The van der Waals surface area contributed by atoms with Gasteiger partial charge in [0.05, 0.1) is 17.8 Å². The van der Waals surface area contributed by atoms with Crippen LogP contribution in [0.3, 0.4) is 0 Å². The minimum absolute atomic E-state index is 0.125. The summed E-state index contributed by atoms with van der Waals surface area (Å²) >= 11 is 0. The van der Waals surface area contributed by atoms with Crippen LogP contribution in [0, 0.1) is 5.41 Å². The van der Waals surface area contributed by atoms with Crippen LogP contribution in [-0.4, -0.2) is 30.4 Å². The van der Waals surface area contributed by atoms with E-state index in [2.05, 4.69) is 17.3 Å². The maximum atomic E-state index is 12.2. The summed E-state index contributed by atoms with van der Waals surface area (Å²) in [6.45, 7) is 2.50. The zero-order valence-corrected chi connectivity index (χ0v) is 13.8. The standard InChI is InChI=1S/C9H12F3N3.C7H12O/c1-15(2)14-6-8-4-3-7(5-13-8)9(10,11)12;1-2-7(6-8)4-3-5-7/h3-5,14H,6H2,1-2H3;6H,2-5H2,1H3. The Morgan fingerprint density at radius 3 is 2.26 bits per heavy atom. The zero-order chi connectivity index (χ0) is 17.5. The molecule has 0 amide bonds. The van der Waals surface area contributed by atoms with Crippen molar-refractivity contribution in [3.05, 3.63) is 29.6 Å². The first kappa shape index (κ1) is 19.6. The average molecular weight is 331 g/mol. The first-order chi connectivity index (χ1) is 10.7. The number of pyridine rings is 1. The second-order valence-electron chi connectivity index (χ2n) is 5.95. The van der Waals surface area contributed by atoms with Gasteiger partial charge in [-0.05, 0) is 31.4 Å². The Hall–Kier alpha value is -1.47. The Bertz CT molecular complexity index is 477. The fourth-order valence-electron chi connectivity index (χ4n) is 2.12. The first-order valence-corrected chi connectivity index (χ1v) is 7.62. The minimum Gasteiger partial charge on any atom is -0.303 e. The molecule has 1 aromatic rings. The number of nitrogens with one attached hydrogen (secondary N) is 1. The molecule has 0 radical (unpaired) electrons. The van der Waals surface area contributed by atoms with Crippen molar-refractivity contribution < 1.29 is 18.0 Å². The topological polar surface area (TPSA) is 45.2 Å². The number of halogens is 3. The number of hydrogen-bond acceptors (Lipinski definition) is 4. The SMILES string of the molecule is CCC1(C=O)CCC1.CN(C)NCc1ccc(C(F)(F)F)cn1. The molecule has 0 atom stereocenters. The van der Waals surface area contributed by atoms with Crippen LogP contribution in [0.4, 0.5) is 13.2 Å². The summed E-state index contributed by atoms with van der Waals surface area (Å²) in [7, 11) is 3.59. The highest BCUT2D eigenvalue weighted by molar-refractivity contribution is 5.60. The molecule has 1 aromatic heterocycles. The van der Waals surface area contributed by atoms with Gasteiger partial charge in [-0.3, -0.25) is 9.99 Å². The highest BCUT2D eigenvalue weighted by atomic mass is 19.4. The van der Waals surface area contributed by atoms with Gasteiger partial charge < -0.3 is 4.79 Å². The molecule has 0 spiro atoms. The monoisotopic (exact) mass is 331 g/mol. The number of nitrogens with zero attached hydrogens (tertiary/aromatic N) is 2. The van der Waals surface area contributed by atoms with Crippen molar-refractivity contribution in [1.82, 2.24) is 15.4 Å². The molecule has 23 heavy (non-hydrogen) atoms. The van der Waals surface area contributed by atoms with E-state index in [1.807, 2.05) is 0 Å². The van der Waals surface area contributed by atoms with Crippen LogP contribution < -0.4 is 5.43 Å². The van der Waals surface area contributed by atoms with Gasteiger partial charge in [0, 0.05) is 25.7 Å². The molecule has 1 aliphatic carbocycles. The maximum Gasteiger partial charge on any atom is 0.417 e. The molecule has 1 aliphatic rings. The van der Waals surface area contributed by atoms with E-state index in [-0.39, 0.29) is 5.41 Å². The second kappa shape index (κ2) is 8.40. The highest BCUT2D eigenvalue weighted by Gasteiger charge is 2.34. The number of hydrogen-bond donors (Lipinski definition) is 1. The van der Waals surface area contributed by atoms with Crippen LogP contribution in [0.1, 0.15) is 43.9 Å². The predicted molar refractivity (Wildman–Crippen MR) is 82.4 cm³/mol. The van der Waals surface area contributed by atoms with E-state index in [9.17, 15) is 18.0 Å². The fraction of sp³-hybridized carbons (Fsp3) is 0.625. The quantitative estimate of drug-likeness (QED) is 0.663. The summed E-state index contributed by atoms with van der Waals surface area (Å²) in [6.07, 6.45) is 2.22. The summed E-state index contributed by atoms with van der Waals surface area (Å²) in [6, 6.07) is 2.39. The molecular weight excluding hydrogens is 307 g/mol. The maximum absolute atomic E-state index is 12.2. The van der Waals surface area contributed by atoms with E-state index < -0.39 is 11.7 Å². The molecule has 1 fully saturated rings. The number of alkyl halides is 3. The summed E-state index contributed by atoms with van der Waals surface area (Å²) in [4.78, 5) is 14.0. The number of carbonyl (C=O) groups excluding carboxylic acids is 1. The lowest BCUT2D eigenvalue weighted by molar-refractivity contribution is -0.137. The fourth-order valence-corrected chi connectivity index (χ4v) is 2.12. The van der Waals surface area contributed by atoms with Crippen molar-refractivity contribution in [1.29, 1.82) is 0 Å². The number of aromatic nitrogens is 1. The normalized spacial score (nSPS) is 16.3. The number of carbonyl (C=O) groups is 1. The lowest BCUT2D eigenvalue weighted by Gasteiger charge is -2.35. The van der Waals surface area contributed by atoms with Gasteiger partial charge in [-0.1, -0.05) is 13.3 Å². The van der Waals surface area contributed by atoms with E-state index in [0.29, 0.717) is 12.2 Å². The largest absolute Gasteiger partial charge is 0.417 e. The third-order valence-corrected chi connectivity index (χ3v) is 4.03. The van der Waals surface area contributed by atoms with E-state index in [4.69, 9.17) is 0 Å². The van der Waals surface area contributed by atoms with Crippen molar-refractivity contribution >= 4 is 6.29 Å². The molecule has 1 N–H and O–H groups in total. The number of rotatable bonds is 5. The molecule has 0 bridgehead atoms. The van der Waals surface area contributed by atoms with Crippen molar-refractivity contribution in [3.8, 4) is 0 Å². The Morgan fingerprint density at radius 2 is 2.00 bits per heavy atom. The van der Waals surface area contributed by atoms with Crippen molar-refractivity contribution in [3.63, 3.8) is 0 Å². The summed E-state index contributed by atoms with van der Waals surface area (Å²) in [5.74, 6) is 0. The minimum atomic E-state index is -4.32. The Balaban J connectivity index is 0.000000277. The third kappa shape index (κ3) is 6.27. The molecule has 4 nitrogen and oxygen atoms in total. The number of hydrazine groups is 1. The molecule has 2 rings (SSSR count). The van der Waals surface area contributed by atoms with Gasteiger partial charge in [0.15, 0.2) is 0 Å². The van der Waals surface area contributed by atoms with Crippen LogP contribution in [0.2, 0.25) is 0 Å². The van der Waals surface area contributed by atoms with Gasteiger partial charge in [-0.2, -0.15) is 13.2 Å². The van der Waals surface area contributed by atoms with Gasteiger partial charge in [-0.25, -0.2) is 5.43 Å². The Morgan fingerprint density at radius 1 is 1.35 bits per heavy atom. The second-order valence-corrected chi connectivity index (χ2v) is 5.95. The molecular formula is C16H24F3N3O.